The number of hydrogen-bond donors (Lipinski definition) is 0. The van der Waals surface area contributed by atoms with Gasteiger partial charge in [-0.05, 0) is 42.4 Å². The summed E-state index contributed by atoms with van der Waals surface area (Å²) in [6, 6.07) is 0.259. The number of aliphatic imine (C=N–C) groups is 1. The highest BCUT2D eigenvalue weighted by Gasteiger charge is 2.51. The summed E-state index contributed by atoms with van der Waals surface area (Å²) in [6.07, 6.45) is 9.58. The van der Waals surface area contributed by atoms with E-state index in [1.165, 1.54) is 22.4 Å². The number of nitriles is 1. The predicted octanol–water partition coefficient (Wildman–Crippen LogP) is 3.75. The molecule has 4 rings (SSSR count). The van der Waals surface area contributed by atoms with Crippen LogP contribution >= 0.6 is 11.6 Å². The fourth-order valence-electron chi connectivity index (χ4n) is 4.52. The minimum absolute atomic E-state index is 0.0725. The van der Waals surface area contributed by atoms with E-state index < -0.39 is 0 Å². The van der Waals surface area contributed by atoms with Crippen LogP contribution in [-0.2, 0) is 0 Å². The number of nitrogens with zero attached hydrogens (tertiary/aromatic N) is 3. The molecular weight excluding hydrogens is 282 g/mol. The highest BCUT2D eigenvalue weighted by Crippen LogP contribution is 2.56. The highest BCUT2D eigenvalue weighted by atomic mass is 35.5. The Kier molecular flexibility index (Phi) is 2.65. The van der Waals surface area contributed by atoms with Gasteiger partial charge >= 0.3 is 0 Å². The second-order valence-corrected chi connectivity index (χ2v) is 7.18. The minimum atomic E-state index is -0.0725. The van der Waals surface area contributed by atoms with Gasteiger partial charge in [-0.25, -0.2) is 0 Å². The smallest absolute Gasteiger partial charge is 0.184 e. The lowest BCUT2D eigenvalue weighted by molar-refractivity contribution is 0.198. The van der Waals surface area contributed by atoms with Gasteiger partial charge in [-0.2, -0.15) is 5.26 Å². The van der Waals surface area contributed by atoms with Crippen molar-refractivity contribution < 1.29 is 0 Å². The third-order valence-corrected chi connectivity index (χ3v) is 6.06. The molecule has 2 aliphatic heterocycles. The fraction of sp³-hybridized carbons (Fsp3) is 0.529. The standard InChI is InChI=1S/C17H18ClN3/c1-10-16-6-13-12-5-11(18)7-20-8-17(10,2)14(12)3-4-15(13)21(16)9-19/h5,8,10,16H,3-4,6-7H2,1-2H3/b11-5+,20-8?. The Morgan fingerprint density at radius 2 is 2.29 bits per heavy atom. The number of allylic oxidation sites excluding steroid dienone is 4. The van der Waals surface area contributed by atoms with Crippen molar-refractivity contribution in [2.24, 2.45) is 16.3 Å². The number of rotatable bonds is 0. The van der Waals surface area contributed by atoms with Gasteiger partial charge in [0.15, 0.2) is 6.19 Å². The minimum Gasteiger partial charge on any atom is -0.291 e. The van der Waals surface area contributed by atoms with E-state index in [1.807, 2.05) is 4.90 Å². The van der Waals surface area contributed by atoms with Gasteiger partial charge in [0.25, 0.3) is 0 Å². The molecule has 0 saturated heterocycles. The van der Waals surface area contributed by atoms with Crippen molar-refractivity contribution in [3.05, 3.63) is 33.5 Å². The first-order valence-electron chi connectivity index (χ1n) is 7.58. The number of hydrogen-bond acceptors (Lipinski definition) is 3. The van der Waals surface area contributed by atoms with Gasteiger partial charge in [-0.3, -0.25) is 9.89 Å². The summed E-state index contributed by atoms with van der Waals surface area (Å²) in [7, 11) is 0. The van der Waals surface area contributed by atoms with Gasteiger partial charge in [0.05, 0.1) is 12.6 Å². The molecular formula is C17H18ClN3. The molecule has 0 fully saturated rings. The number of halogens is 1. The summed E-state index contributed by atoms with van der Waals surface area (Å²) in [5.41, 5.74) is 5.27. The molecule has 4 aliphatic rings. The monoisotopic (exact) mass is 299 g/mol. The lowest BCUT2D eigenvalue weighted by atomic mass is 9.66. The van der Waals surface area contributed by atoms with Gasteiger partial charge in [0.2, 0.25) is 0 Å². The lowest BCUT2D eigenvalue weighted by Crippen LogP contribution is -2.44. The maximum Gasteiger partial charge on any atom is 0.184 e. The zero-order valence-electron chi connectivity index (χ0n) is 12.4. The molecule has 0 spiro atoms. The van der Waals surface area contributed by atoms with Crippen LogP contribution in [0.1, 0.15) is 33.1 Å². The van der Waals surface area contributed by atoms with Gasteiger partial charge in [-0.15, -0.1) is 0 Å². The summed E-state index contributed by atoms with van der Waals surface area (Å²) in [4.78, 5) is 6.53. The van der Waals surface area contributed by atoms with Gasteiger partial charge in [0.1, 0.15) is 0 Å². The first kappa shape index (κ1) is 13.2. The quantitative estimate of drug-likeness (QED) is 0.639. The molecule has 0 amide bonds. The van der Waals surface area contributed by atoms with E-state index in [1.54, 1.807) is 0 Å². The van der Waals surface area contributed by atoms with Crippen LogP contribution in [0.25, 0.3) is 0 Å². The molecule has 108 valence electrons. The Balaban J connectivity index is 2.05. The molecule has 0 aromatic rings. The van der Waals surface area contributed by atoms with Gasteiger partial charge in [-0.1, -0.05) is 31.0 Å². The second kappa shape index (κ2) is 4.24. The van der Waals surface area contributed by atoms with Crippen molar-refractivity contribution in [1.29, 1.82) is 5.26 Å². The van der Waals surface area contributed by atoms with Crippen molar-refractivity contribution >= 4 is 17.8 Å². The topological polar surface area (TPSA) is 39.4 Å². The molecule has 0 aromatic carbocycles. The lowest BCUT2D eigenvalue weighted by Gasteiger charge is -2.44. The molecule has 0 aromatic heterocycles. The zero-order valence-corrected chi connectivity index (χ0v) is 13.1. The summed E-state index contributed by atoms with van der Waals surface area (Å²) in [6.45, 7) is 5.12. The first-order chi connectivity index (χ1) is 10.1. The van der Waals surface area contributed by atoms with Crippen LogP contribution in [0.3, 0.4) is 0 Å². The Bertz CT molecular complexity index is 691. The van der Waals surface area contributed by atoms with Crippen molar-refractivity contribution in [3.8, 4) is 6.19 Å². The molecule has 4 heteroatoms. The van der Waals surface area contributed by atoms with E-state index >= 15 is 0 Å². The van der Waals surface area contributed by atoms with E-state index in [2.05, 4.69) is 37.3 Å². The van der Waals surface area contributed by atoms with E-state index in [9.17, 15) is 5.26 Å². The van der Waals surface area contributed by atoms with Crippen molar-refractivity contribution in [3.63, 3.8) is 0 Å². The zero-order chi connectivity index (χ0) is 14.8. The molecule has 0 N–H and O–H groups in total. The van der Waals surface area contributed by atoms with Crippen LogP contribution in [0.5, 0.6) is 0 Å². The maximum absolute atomic E-state index is 9.62. The van der Waals surface area contributed by atoms with E-state index in [4.69, 9.17) is 11.6 Å². The molecule has 2 heterocycles. The Morgan fingerprint density at radius 1 is 1.48 bits per heavy atom. The number of fused-ring (bicyclic) bond motifs is 1. The Morgan fingerprint density at radius 3 is 3.05 bits per heavy atom. The highest BCUT2D eigenvalue weighted by molar-refractivity contribution is 6.30. The summed E-state index contributed by atoms with van der Waals surface area (Å²) < 4.78 is 0. The largest absolute Gasteiger partial charge is 0.291 e. The normalized spacial score (nSPS) is 39.7. The molecule has 3 atom stereocenters. The molecule has 3 unspecified atom stereocenters. The van der Waals surface area contributed by atoms with Crippen molar-refractivity contribution in [2.75, 3.05) is 6.54 Å². The van der Waals surface area contributed by atoms with Gasteiger partial charge < -0.3 is 0 Å². The molecule has 3 nitrogen and oxygen atoms in total. The Hall–Kier alpha value is -1.53. The summed E-state index contributed by atoms with van der Waals surface area (Å²) in [5, 5.41) is 10.4. The average molecular weight is 300 g/mol. The van der Waals surface area contributed by atoms with Crippen LogP contribution < -0.4 is 0 Å². The third-order valence-electron chi connectivity index (χ3n) is 5.83. The van der Waals surface area contributed by atoms with Crippen molar-refractivity contribution in [2.45, 2.75) is 39.2 Å². The third kappa shape index (κ3) is 1.57. The fourth-order valence-corrected chi connectivity index (χ4v) is 4.70. The Labute approximate surface area is 130 Å². The molecule has 0 saturated carbocycles. The van der Waals surface area contributed by atoms with Gasteiger partial charge in [0, 0.05) is 22.4 Å². The SMILES string of the molecule is CC1C2CC3=C(CCC4=C3/C=C(/Cl)CN=CC41C)N2C#N. The van der Waals surface area contributed by atoms with Crippen LogP contribution in [0, 0.1) is 22.8 Å². The maximum atomic E-state index is 9.62. The molecule has 21 heavy (non-hydrogen) atoms. The molecule has 2 aliphatic carbocycles. The molecule has 0 radical (unpaired) electrons. The first-order valence-corrected chi connectivity index (χ1v) is 7.96. The van der Waals surface area contributed by atoms with Crippen molar-refractivity contribution in [1.82, 2.24) is 4.90 Å². The van der Waals surface area contributed by atoms with Crippen LogP contribution in [-0.4, -0.2) is 23.7 Å². The average Bonchev–Trinajstić information content (AvgIpc) is 2.81. The van der Waals surface area contributed by atoms with E-state index in [0.717, 1.165) is 24.3 Å². The summed E-state index contributed by atoms with van der Waals surface area (Å²) in [5.74, 6) is 0.367. The van der Waals surface area contributed by atoms with Crippen LogP contribution in [0.15, 0.2) is 38.5 Å². The molecule has 5 bridgehead atoms. The predicted molar refractivity (Wildman–Crippen MR) is 83.7 cm³/mol. The second-order valence-electron chi connectivity index (χ2n) is 6.69. The van der Waals surface area contributed by atoms with Crippen LogP contribution in [0.2, 0.25) is 0 Å². The van der Waals surface area contributed by atoms with E-state index in [-0.39, 0.29) is 11.5 Å². The van der Waals surface area contributed by atoms with Crippen LogP contribution in [0.4, 0.5) is 0 Å². The number of likely N-dealkylation sites (tertiary alicyclic amines) is 1. The van der Waals surface area contributed by atoms with E-state index in [0.29, 0.717) is 12.5 Å². The summed E-state index contributed by atoms with van der Waals surface area (Å²) >= 11 is 6.33.